The second-order valence-electron chi connectivity index (χ2n) is 8.11. The van der Waals surface area contributed by atoms with Crippen molar-refractivity contribution in [3.63, 3.8) is 0 Å². The molecule has 0 aliphatic carbocycles. The van der Waals surface area contributed by atoms with Crippen molar-refractivity contribution in [2.45, 2.75) is 44.9 Å². The third-order valence-electron chi connectivity index (χ3n) is 4.49. The molecule has 3 atom stereocenters. The summed E-state index contributed by atoms with van der Waals surface area (Å²) < 4.78 is 14.4. The number of thiazole rings is 1. The smallest absolute Gasteiger partial charge is 0.263 e. The number of Topliss-reactive ketones (excluding diaryl/α,β-unsaturated/α-hetero) is 1. The molecular weight excluding hydrogens is 452 g/mol. The van der Waals surface area contributed by atoms with E-state index in [0.29, 0.717) is 17.9 Å². The number of epoxide rings is 1. The van der Waals surface area contributed by atoms with E-state index < -0.39 is 35.4 Å². The summed E-state index contributed by atoms with van der Waals surface area (Å²) >= 11 is 1.14. The first kappa shape index (κ1) is 28.6. The van der Waals surface area contributed by atoms with Crippen molar-refractivity contribution in [1.29, 1.82) is 0 Å². The van der Waals surface area contributed by atoms with Gasteiger partial charge in [0.25, 0.3) is 5.91 Å². The molecule has 3 unspecified atom stereocenters. The van der Waals surface area contributed by atoms with Crippen molar-refractivity contribution in [2.24, 2.45) is 5.92 Å². The van der Waals surface area contributed by atoms with Crippen LogP contribution in [-0.4, -0.2) is 87.3 Å². The molecule has 0 radical (unpaired) electrons. The van der Waals surface area contributed by atoms with Crippen LogP contribution in [0.3, 0.4) is 0 Å². The Morgan fingerprint density at radius 2 is 1.82 bits per heavy atom. The lowest BCUT2D eigenvalue weighted by Crippen LogP contribution is -2.53. The topological polar surface area (TPSA) is 148 Å². The molecule has 186 valence electrons. The van der Waals surface area contributed by atoms with Crippen LogP contribution in [0.2, 0.25) is 0 Å². The Kier molecular flexibility index (Phi) is 12.1. The quantitative estimate of drug-likeness (QED) is 0.354. The lowest BCUT2D eigenvalue weighted by atomic mass is 9.93. The van der Waals surface area contributed by atoms with E-state index >= 15 is 0 Å². The van der Waals surface area contributed by atoms with Crippen molar-refractivity contribution < 1.29 is 33.4 Å². The highest BCUT2D eigenvalue weighted by Gasteiger charge is 2.50. The van der Waals surface area contributed by atoms with Crippen LogP contribution >= 0.6 is 11.3 Å². The van der Waals surface area contributed by atoms with Gasteiger partial charge in [-0.1, -0.05) is 13.8 Å². The maximum atomic E-state index is 12.6. The second kappa shape index (κ2) is 14.0. The molecule has 1 saturated heterocycles. The molecule has 2 rings (SSSR count). The maximum Gasteiger partial charge on any atom is 0.263 e. The highest BCUT2D eigenvalue weighted by Crippen LogP contribution is 2.29. The average molecular weight is 487 g/mol. The molecule has 12 heteroatoms. The molecule has 3 N–H and O–H groups in total. The lowest BCUT2D eigenvalue weighted by Gasteiger charge is -2.22. The summed E-state index contributed by atoms with van der Waals surface area (Å²) in [4.78, 5) is 53.7. The molecule has 1 aliphatic heterocycles. The van der Waals surface area contributed by atoms with E-state index in [2.05, 4.69) is 25.7 Å². The minimum atomic E-state index is -0.982. The van der Waals surface area contributed by atoms with E-state index in [1.54, 1.807) is 21.1 Å². The molecule has 0 spiro atoms. The Balaban J connectivity index is 0.00000172. The van der Waals surface area contributed by atoms with E-state index in [1.807, 2.05) is 13.8 Å². The monoisotopic (exact) mass is 486 g/mol. The number of nitrogens with one attached hydrogen (secondary N) is 3. The van der Waals surface area contributed by atoms with E-state index in [-0.39, 0.29) is 24.9 Å². The van der Waals surface area contributed by atoms with Crippen LogP contribution in [0, 0.1) is 5.92 Å². The van der Waals surface area contributed by atoms with Crippen LogP contribution in [0.15, 0.2) is 11.7 Å². The van der Waals surface area contributed by atoms with Gasteiger partial charge < -0.3 is 30.2 Å². The zero-order valence-corrected chi connectivity index (χ0v) is 20.7. The highest BCUT2D eigenvalue weighted by atomic mass is 32.1. The number of amides is 3. The molecule has 0 aromatic carbocycles. The first-order chi connectivity index (χ1) is 15.6. The van der Waals surface area contributed by atoms with Gasteiger partial charge in [0.05, 0.1) is 37.5 Å². The summed E-state index contributed by atoms with van der Waals surface area (Å²) in [7, 11) is 4.65. The number of carbonyl (C=O) groups is 4. The number of ether oxygens (including phenoxy) is 3. The maximum absolute atomic E-state index is 12.6. The van der Waals surface area contributed by atoms with E-state index in [9.17, 15) is 19.2 Å². The zero-order chi connectivity index (χ0) is 25.0. The van der Waals surface area contributed by atoms with Crippen molar-refractivity contribution in [3.05, 3.63) is 16.6 Å². The second-order valence-corrected chi connectivity index (χ2v) is 8.99. The van der Waals surface area contributed by atoms with Crippen LogP contribution in [0.5, 0.6) is 0 Å². The van der Waals surface area contributed by atoms with Gasteiger partial charge in [0, 0.05) is 21.3 Å². The number of ketones is 1. The number of carbonyl (C=O) groups excluding carboxylic acids is 4. The zero-order valence-electron chi connectivity index (χ0n) is 19.9. The fraction of sp³-hybridized carbons (Fsp3) is 0.667. The van der Waals surface area contributed by atoms with E-state index in [0.717, 1.165) is 11.3 Å². The summed E-state index contributed by atoms with van der Waals surface area (Å²) in [6.07, 6.45) is 1.86. The summed E-state index contributed by atoms with van der Waals surface area (Å²) in [6, 6.07) is -1.67. The first-order valence-corrected chi connectivity index (χ1v) is 11.3. The van der Waals surface area contributed by atoms with Gasteiger partial charge in [0.2, 0.25) is 11.8 Å². The molecule has 2 heterocycles. The van der Waals surface area contributed by atoms with Gasteiger partial charge in [0.15, 0.2) is 5.78 Å². The fourth-order valence-electron chi connectivity index (χ4n) is 2.76. The number of aromatic nitrogens is 1. The molecule has 0 saturated carbocycles. The molecule has 11 nitrogen and oxygen atoms in total. The molecule has 1 aliphatic rings. The van der Waals surface area contributed by atoms with Gasteiger partial charge in [-0.2, -0.15) is 0 Å². The van der Waals surface area contributed by atoms with Gasteiger partial charge in [-0.05, 0) is 19.3 Å². The minimum Gasteiger partial charge on any atom is -0.388 e. The van der Waals surface area contributed by atoms with E-state index in [4.69, 9.17) is 9.47 Å². The van der Waals surface area contributed by atoms with Crippen molar-refractivity contribution in [3.8, 4) is 0 Å². The van der Waals surface area contributed by atoms with Gasteiger partial charge in [0.1, 0.15) is 16.5 Å². The lowest BCUT2D eigenvalue weighted by molar-refractivity contribution is -0.131. The number of rotatable bonds is 12. The van der Waals surface area contributed by atoms with Crippen LogP contribution in [-0.2, 0) is 28.6 Å². The SMILES string of the molecule is COC.COCC(NC(=O)c1cncs1)C(=O)NCC(=O)NC(CC(C)C)C(=O)C1(C)CO1. The number of hydrogen-bond donors (Lipinski definition) is 3. The summed E-state index contributed by atoms with van der Waals surface area (Å²) in [6.45, 7) is 5.52. The number of nitrogens with zero attached hydrogens (tertiary/aromatic N) is 1. The van der Waals surface area contributed by atoms with Crippen LogP contribution in [0.1, 0.15) is 36.9 Å². The first-order valence-electron chi connectivity index (χ1n) is 10.4. The predicted molar refractivity (Wildman–Crippen MR) is 122 cm³/mol. The molecule has 33 heavy (non-hydrogen) atoms. The van der Waals surface area contributed by atoms with Gasteiger partial charge >= 0.3 is 0 Å². The Morgan fingerprint density at radius 3 is 2.30 bits per heavy atom. The molecule has 1 aromatic rings. The summed E-state index contributed by atoms with van der Waals surface area (Å²) in [5, 5.41) is 7.69. The molecule has 1 fully saturated rings. The minimum absolute atomic E-state index is 0.0673. The molecule has 0 bridgehead atoms. The largest absolute Gasteiger partial charge is 0.388 e. The van der Waals surface area contributed by atoms with Gasteiger partial charge in [-0.15, -0.1) is 11.3 Å². The van der Waals surface area contributed by atoms with Crippen molar-refractivity contribution in [2.75, 3.05) is 41.1 Å². The predicted octanol–water partition coefficient (Wildman–Crippen LogP) is 0.156. The third kappa shape index (κ3) is 9.95. The summed E-state index contributed by atoms with van der Waals surface area (Å²) in [5.41, 5.74) is 0.660. The molecule has 1 aromatic heterocycles. The van der Waals surface area contributed by atoms with Gasteiger partial charge in [-0.25, -0.2) is 0 Å². The number of methoxy groups -OCH3 is 2. The fourth-order valence-corrected chi connectivity index (χ4v) is 3.29. The van der Waals surface area contributed by atoms with E-state index in [1.165, 1.54) is 18.8 Å². The number of hydrogen-bond acceptors (Lipinski definition) is 9. The van der Waals surface area contributed by atoms with Crippen LogP contribution in [0.4, 0.5) is 0 Å². The van der Waals surface area contributed by atoms with Crippen LogP contribution < -0.4 is 16.0 Å². The Morgan fingerprint density at radius 1 is 1.18 bits per heavy atom. The highest BCUT2D eigenvalue weighted by molar-refractivity contribution is 7.11. The Bertz CT molecular complexity index is 782. The average Bonchev–Trinajstić information content (AvgIpc) is 3.26. The van der Waals surface area contributed by atoms with Crippen LogP contribution in [0.25, 0.3) is 0 Å². The standard InChI is InChI=1S/C19H28N4O6S.C2H6O/c1-11(2)5-12(16(25)19(3)9-29-19)22-15(24)7-21-17(26)13(8-28-4)23-18(27)14-6-20-10-30-14;1-3-2/h6,10-13H,5,7-9H2,1-4H3,(H,21,26)(H,22,24)(H,23,27);1-2H3. The normalized spacial score (nSPS) is 18.4. The van der Waals surface area contributed by atoms with Crippen molar-refractivity contribution >= 4 is 34.8 Å². The Labute approximate surface area is 197 Å². The molecular formula is C21H34N4O7S. The summed E-state index contributed by atoms with van der Waals surface area (Å²) in [5.74, 6) is -1.53. The van der Waals surface area contributed by atoms with Crippen molar-refractivity contribution in [1.82, 2.24) is 20.9 Å². The third-order valence-corrected chi connectivity index (χ3v) is 5.26. The Hall–Kier alpha value is -2.41. The van der Waals surface area contributed by atoms with Gasteiger partial charge in [-0.3, -0.25) is 24.2 Å². The molecule has 3 amide bonds.